The molecule has 0 unspecified atom stereocenters. The van der Waals surface area contributed by atoms with Gasteiger partial charge in [-0.3, -0.25) is 0 Å². The lowest BCUT2D eigenvalue weighted by Crippen LogP contribution is -2.27. The summed E-state index contributed by atoms with van der Waals surface area (Å²) in [7, 11) is -2.94. The second-order valence-corrected chi connectivity index (χ2v) is 6.82. The summed E-state index contributed by atoms with van der Waals surface area (Å²) in [6, 6.07) is 7.70. The fourth-order valence-electron chi connectivity index (χ4n) is 2.05. The Morgan fingerprint density at radius 3 is 2.53 bits per heavy atom. The first-order valence-electron chi connectivity index (χ1n) is 5.80. The maximum Gasteiger partial charge on any atom is 0.214 e. The van der Waals surface area contributed by atoms with E-state index in [0.29, 0.717) is 18.8 Å². The van der Waals surface area contributed by atoms with Crippen molar-refractivity contribution in [3.05, 3.63) is 34.9 Å². The normalized spacial score (nSPS) is 19.6. The van der Waals surface area contributed by atoms with E-state index in [1.807, 2.05) is 24.3 Å². The van der Waals surface area contributed by atoms with E-state index < -0.39 is 10.0 Å². The highest BCUT2D eigenvalue weighted by atomic mass is 35.5. The molecule has 1 aliphatic heterocycles. The van der Waals surface area contributed by atoms with E-state index in [1.54, 1.807) is 4.31 Å². The van der Waals surface area contributed by atoms with Gasteiger partial charge in [-0.15, -0.1) is 0 Å². The molecule has 17 heavy (non-hydrogen) atoms. The highest BCUT2D eigenvalue weighted by Crippen LogP contribution is 2.15. The van der Waals surface area contributed by atoms with Crippen LogP contribution in [0.25, 0.3) is 0 Å². The van der Waals surface area contributed by atoms with Crippen LogP contribution in [0.4, 0.5) is 0 Å². The van der Waals surface area contributed by atoms with Gasteiger partial charge in [-0.25, -0.2) is 12.7 Å². The first-order valence-corrected chi connectivity index (χ1v) is 7.79. The molecule has 3 nitrogen and oxygen atoms in total. The van der Waals surface area contributed by atoms with Crippen molar-refractivity contribution in [1.82, 2.24) is 4.31 Å². The zero-order chi connectivity index (χ0) is 12.3. The van der Waals surface area contributed by atoms with Gasteiger partial charge in [0.25, 0.3) is 0 Å². The van der Waals surface area contributed by atoms with Crippen molar-refractivity contribution in [2.24, 2.45) is 0 Å². The predicted molar refractivity (Wildman–Crippen MR) is 69.7 cm³/mol. The standard InChI is InChI=1S/C12H16ClNO2S/c13-12-6-4-11(5-7-12)3-1-8-14-9-2-10-17(14,15)16/h4-7H,1-3,8-10H2. The minimum atomic E-state index is -2.94. The van der Waals surface area contributed by atoms with Gasteiger partial charge in [0.15, 0.2) is 0 Å². The Morgan fingerprint density at radius 1 is 1.24 bits per heavy atom. The maximum atomic E-state index is 11.6. The summed E-state index contributed by atoms with van der Waals surface area (Å²) in [6.45, 7) is 1.31. The first kappa shape index (κ1) is 12.9. The molecule has 94 valence electrons. The molecule has 0 aliphatic carbocycles. The second-order valence-electron chi connectivity index (χ2n) is 4.30. The topological polar surface area (TPSA) is 37.4 Å². The lowest BCUT2D eigenvalue weighted by Gasteiger charge is -2.13. The van der Waals surface area contributed by atoms with Gasteiger partial charge < -0.3 is 0 Å². The molecule has 2 rings (SSSR count). The van der Waals surface area contributed by atoms with E-state index in [4.69, 9.17) is 11.6 Å². The molecule has 0 aromatic heterocycles. The van der Waals surface area contributed by atoms with Crippen molar-refractivity contribution in [3.63, 3.8) is 0 Å². The summed E-state index contributed by atoms with van der Waals surface area (Å²) in [4.78, 5) is 0. The third-order valence-electron chi connectivity index (χ3n) is 2.99. The molecule has 0 N–H and O–H groups in total. The Hall–Kier alpha value is -0.580. The van der Waals surface area contributed by atoms with Crippen LogP contribution in [-0.4, -0.2) is 31.6 Å². The Morgan fingerprint density at radius 2 is 1.94 bits per heavy atom. The van der Waals surface area contributed by atoms with Crippen LogP contribution in [-0.2, 0) is 16.4 Å². The minimum absolute atomic E-state index is 0.313. The molecule has 0 radical (unpaired) electrons. The summed E-state index contributed by atoms with van der Waals surface area (Å²) in [5.41, 5.74) is 1.20. The molecular weight excluding hydrogens is 258 g/mol. The second kappa shape index (κ2) is 5.38. The fraction of sp³-hybridized carbons (Fsp3) is 0.500. The SMILES string of the molecule is O=S1(=O)CCCN1CCCc1ccc(Cl)cc1. The fourth-order valence-corrected chi connectivity index (χ4v) is 3.75. The highest BCUT2D eigenvalue weighted by Gasteiger charge is 2.27. The van der Waals surface area contributed by atoms with E-state index in [9.17, 15) is 8.42 Å². The van der Waals surface area contributed by atoms with Crippen LogP contribution in [0.2, 0.25) is 5.02 Å². The Balaban J connectivity index is 1.82. The van der Waals surface area contributed by atoms with Gasteiger partial charge >= 0.3 is 0 Å². The first-order chi connectivity index (χ1) is 8.08. The molecule has 1 aromatic carbocycles. The van der Waals surface area contributed by atoms with E-state index in [0.717, 1.165) is 24.3 Å². The number of hydrogen-bond donors (Lipinski definition) is 0. The molecule has 0 amide bonds. The molecule has 1 aliphatic rings. The van der Waals surface area contributed by atoms with Gasteiger partial charge in [0.2, 0.25) is 10.0 Å². The minimum Gasteiger partial charge on any atom is -0.212 e. The van der Waals surface area contributed by atoms with Crippen LogP contribution in [0.5, 0.6) is 0 Å². The highest BCUT2D eigenvalue weighted by molar-refractivity contribution is 7.89. The largest absolute Gasteiger partial charge is 0.214 e. The van der Waals surface area contributed by atoms with Gasteiger partial charge in [0.1, 0.15) is 0 Å². The molecule has 0 bridgehead atoms. The lowest BCUT2D eigenvalue weighted by molar-refractivity contribution is 0.435. The Labute approximate surface area is 107 Å². The van der Waals surface area contributed by atoms with Crippen LogP contribution in [0, 0.1) is 0 Å². The number of hydrogen-bond acceptors (Lipinski definition) is 2. The average molecular weight is 274 g/mol. The van der Waals surface area contributed by atoms with Crippen molar-refractivity contribution in [1.29, 1.82) is 0 Å². The van der Waals surface area contributed by atoms with Crippen molar-refractivity contribution in [3.8, 4) is 0 Å². The van der Waals surface area contributed by atoms with Gasteiger partial charge in [-0.2, -0.15) is 0 Å². The van der Waals surface area contributed by atoms with Crippen LogP contribution < -0.4 is 0 Å². The van der Waals surface area contributed by atoms with Crippen LogP contribution in [0.15, 0.2) is 24.3 Å². The number of rotatable bonds is 4. The Kier molecular flexibility index (Phi) is 4.07. The summed E-state index contributed by atoms with van der Waals surface area (Å²) < 4.78 is 24.7. The van der Waals surface area contributed by atoms with Crippen LogP contribution in [0.1, 0.15) is 18.4 Å². The molecule has 1 aromatic rings. The maximum absolute atomic E-state index is 11.6. The number of nitrogens with zero attached hydrogens (tertiary/aromatic N) is 1. The molecule has 1 fully saturated rings. The monoisotopic (exact) mass is 273 g/mol. The molecule has 0 saturated carbocycles. The van der Waals surface area contributed by atoms with E-state index in [1.165, 1.54) is 5.56 Å². The van der Waals surface area contributed by atoms with Crippen LogP contribution in [0.3, 0.4) is 0 Å². The summed E-state index contributed by atoms with van der Waals surface area (Å²) in [5, 5.41) is 0.732. The van der Waals surface area contributed by atoms with E-state index in [2.05, 4.69) is 0 Å². The van der Waals surface area contributed by atoms with Crippen LogP contribution >= 0.6 is 11.6 Å². The summed E-state index contributed by atoms with van der Waals surface area (Å²) in [5.74, 6) is 0.313. The zero-order valence-corrected chi connectivity index (χ0v) is 11.2. The smallest absolute Gasteiger partial charge is 0.212 e. The zero-order valence-electron chi connectivity index (χ0n) is 9.60. The molecule has 0 spiro atoms. The van der Waals surface area contributed by atoms with Crippen molar-refractivity contribution in [2.45, 2.75) is 19.3 Å². The molecule has 1 saturated heterocycles. The summed E-state index contributed by atoms with van der Waals surface area (Å²) in [6.07, 6.45) is 2.52. The van der Waals surface area contributed by atoms with E-state index in [-0.39, 0.29) is 0 Å². The third-order valence-corrected chi connectivity index (χ3v) is 5.20. The lowest BCUT2D eigenvalue weighted by atomic mass is 10.1. The van der Waals surface area contributed by atoms with Gasteiger partial charge in [0, 0.05) is 18.1 Å². The van der Waals surface area contributed by atoms with Gasteiger partial charge in [0.05, 0.1) is 5.75 Å². The summed E-state index contributed by atoms with van der Waals surface area (Å²) >= 11 is 5.80. The average Bonchev–Trinajstić information content (AvgIpc) is 2.61. The van der Waals surface area contributed by atoms with Gasteiger partial charge in [-0.05, 0) is 37.0 Å². The van der Waals surface area contributed by atoms with Gasteiger partial charge in [-0.1, -0.05) is 23.7 Å². The molecule has 1 heterocycles. The third kappa shape index (κ3) is 3.44. The number of benzene rings is 1. The van der Waals surface area contributed by atoms with Crippen molar-refractivity contribution < 1.29 is 8.42 Å². The molecule has 5 heteroatoms. The number of aryl methyl sites for hydroxylation is 1. The molecular formula is C12H16ClNO2S. The number of sulfonamides is 1. The number of halogens is 1. The van der Waals surface area contributed by atoms with Crippen molar-refractivity contribution in [2.75, 3.05) is 18.8 Å². The Bertz CT molecular complexity index is 470. The quantitative estimate of drug-likeness (QED) is 0.844. The molecule has 0 atom stereocenters. The van der Waals surface area contributed by atoms with E-state index >= 15 is 0 Å². The predicted octanol–water partition coefficient (Wildman–Crippen LogP) is 2.31. The van der Waals surface area contributed by atoms with Crippen molar-refractivity contribution >= 4 is 21.6 Å².